The molecule has 76 valence electrons. The first kappa shape index (κ1) is 11.5. The molecule has 0 amide bonds. The van der Waals surface area contributed by atoms with Gasteiger partial charge in [0.1, 0.15) is 10.6 Å². The van der Waals surface area contributed by atoms with Gasteiger partial charge in [-0.25, -0.2) is 0 Å². The molecule has 0 spiro atoms. The smallest absolute Gasteiger partial charge is 0.323 e. The molecule has 0 fully saturated rings. The highest BCUT2D eigenvalue weighted by Crippen LogP contribution is 2.31. The van der Waals surface area contributed by atoms with E-state index in [1.165, 1.54) is 13.2 Å². The second kappa shape index (κ2) is 4.79. The lowest BCUT2D eigenvalue weighted by molar-refractivity contribution is -0.139. The molecule has 0 aliphatic heterocycles. The first-order valence-corrected chi connectivity index (χ1v) is 5.47. The maximum Gasteiger partial charge on any atom is 0.323 e. The number of phenolic OH excluding ortho intramolecular Hbond substituents is 1. The Morgan fingerprint density at radius 3 is 2.71 bits per heavy atom. The molecule has 1 aromatic carbocycles. The number of alkyl halides is 1. The van der Waals surface area contributed by atoms with E-state index >= 15 is 0 Å². The van der Waals surface area contributed by atoms with Gasteiger partial charge in [0.25, 0.3) is 0 Å². The van der Waals surface area contributed by atoms with Crippen LogP contribution in [0.3, 0.4) is 0 Å². The molecule has 1 rings (SSSR count). The number of carbonyl (C=O) groups is 1. The predicted octanol–water partition coefficient (Wildman–Crippen LogP) is 2.76. The van der Waals surface area contributed by atoms with Crippen molar-refractivity contribution in [3.63, 3.8) is 0 Å². The normalized spacial score (nSPS) is 12.2. The Morgan fingerprint density at radius 2 is 2.21 bits per heavy atom. The van der Waals surface area contributed by atoms with E-state index in [-0.39, 0.29) is 11.7 Å². The lowest BCUT2D eigenvalue weighted by atomic mass is 10.1. The Hall–Kier alpha value is -0.550. The highest BCUT2D eigenvalue weighted by Gasteiger charge is 2.18. The zero-order chi connectivity index (χ0) is 10.7. The molecule has 0 aliphatic carbocycles. The lowest BCUT2D eigenvalue weighted by Crippen LogP contribution is -2.07. The molecule has 0 heterocycles. The average molecular weight is 324 g/mol. The number of ether oxygens (including phenoxy) is 1. The number of methoxy groups -OCH3 is 1. The van der Waals surface area contributed by atoms with Crippen LogP contribution in [0.25, 0.3) is 0 Å². The van der Waals surface area contributed by atoms with Crippen LogP contribution in [0.1, 0.15) is 10.4 Å². The molecule has 1 aromatic rings. The first-order valence-electron chi connectivity index (χ1n) is 3.76. The van der Waals surface area contributed by atoms with E-state index in [1.807, 2.05) is 0 Å². The van der Waals surface area contributed by atoms with Crippen LogP contribution in [0.5, 0.6) is 5.75 Å². The van der Waals surface area contributed by atoms with Crippen molar-refractivity contribution in [3.8, 4) is 5.75 Å². The van der Waals surface area contributed by atoms with Crippen LogP contribution in [0.4, 0.5) is 0 Å². The van der Waals surface area contributed by atoms with Gasteiger partial charge in [0.2, 0.25) is 0 Å². The Bertz CT molecular complexity index is 352. The van der Waals surface area contributed by atoms with Gasteiger partial charge >= 0.3 is 5.97 Å². The third kappa shape index (κ3) is 2.48. The van der Waals surface area contributed by atoms with Crippen LogP contribution >= 0.6 is 31.9 Å². The topological polar surface area (TPSA) is 46.5 Å². The monoisotopic (exact) mass is 322 g/mol. The summed E-state index contributed by atoms with van der Waals surface area (Å²) in [5.74, 6) is -0.235. The maximum absolute atomic E-state index is 11.2. The molecular formula is C9H8Br2O3. The number of rotatable bonds is 2. The van der Waals surface area contributed by atoms with Crippen molar-refractivity contribution in [2.24, 2.45) is 0 Å². The molecule has 5 heteroatoms. The predicted molar refractivity (Wildman–Crippen MR) is 59.5 cm³/mol. The van der Waals surface area contributed by atoms with Crippen molar-refractivity contribution in [2.75, 3.05) is 7.11 Å². The zero-order valence-electron chi connectivity index (χ0n) is 7.33. The lowest BCUT2D eigenvalue weighted by Gasteiger charge is -2.08. The van der Waals surface area contributed by atoms with Gasteiger partial charge in [-0.15, -0.1) is 0 Å². The molecular weight excluding hydrogens is 316 g/mol. The summed E-state index contributed by atoms with van der Waals surface area (Å²) in [5, 5.41) is 9.24. The fourth-order valence-electron chi connectivity index (χ4n) is 0.920. The van der Waals surface area contributed by atoms with Crippen molar-refractivity contribution >= 4 is 37.8 Å². The SMILES string of the molecule is COC(=O)C(Br)c1ccc(O)c(Br)c1. The van der Waals surface area contributed by atoms with E-state index in [0.29, 0.717) is 4.47 Å². The molecule has 0 aromatic heterocycles. The Morgan fingerprint density at radius 1 is 1.57 bits per heavy atom. The van der Waals surface area contributed by atoms with Crippen LogP contribution in [-0.4, -0.2) is 18.2 Å². The minimum atomic E-state index is -0.510. The van der Waals surface area contributed by atoms with Crippen molar-refractivity contribution in [1.82, 2.24) is 0 Å². The number of phenols is 1. The quantitative estimate of drug-likeness (QED) is 0.672. The van der Waals surface area contributed by atoms with Gasteiger partial charge in [-0.1, -0.05) is 22.0 Å². The summed E-state index contributed by atoms with van der Waals surface area (Å²) in [6, 6.07) is 4.82. The summed E-state index contributed by atoms with van der Waals surface area (Å²) < 4.78 is 5.12. The molecule has 0 saturated heterocycles. The van der Waals surface area contributed by atoms with E-state index in [2.05, 4.69) is 36.6 Å². The van der Waals surface area contributed by atoms with E-state index in [1.54, 1.807) is 12.1 Å². The Balaban J connectivity index is 2.96. The number of aromatic hydroxyl groups is 1. The minimum Gasteiger partial charge on any atom is -0.507 e. The van der Waals surface area contributed by atoms with Gasteiger partial charge in [0, 0.05) is 0 Å². The van der Waals surface area contributed by atoms with Crippen LogP contribution in [-0.2, 0) is 9.53 Å². The fourth-order valence-corrected chi connectivity index (χ4v) is 1.79. The second-order valence-corrected chi connectivity index (χ2v) is 4.37. The van der Waals surface area contributed by atoms with Crippen molar-refractivity contribution in [2.45, 2.75) is 4.83 Å². The van der Waals surface area contributed by atoms with Gasteiger partial charge in [0.05, 0.1) is 11.6 Å². The minimum absolute atomic E-state index is 0.137. The fraction of sp³-hybridized carbons (Fsp3) is 0.222. The Labute approximate surface area is 98.3 Å². The van der Waals surface area contributed by atoms with Crippen molar-refractivity contribution in [3.05, 3.63) is 28.2 Å². The number of carbonyl (C=O) groups excluding carboxylic acids is 1. The maximum atomic E-state index is 11.2. The second-order valence-electron chi connectivity index (χ2n) is 2.60. The first-order chi connectivity index (χ1) is 6.56. The van der Waals surface area contributed by atoms with Crippen LogP contribution in [0.2, 0.25) is 0 Å². The van der Waals surface area contributed by atoms with E-state index in [4.69, 9.17) is 0 Å². The van der Waals surface area contributed by atoms with Crippen LogP contribution in [0.15, 0.2) is 22.7 Å². The van der Waals surface area contributed by atoms with Crippen molar-refractivity contribution < 1.29 is 14.6 Å². The summed E-state index contributed by atoms with van der Waals surface area (Å²) in [5.41, 5.74) is 0.724. The van der Waals surface area contributed by atoms with E-state index in [9.17, 15) is 9.90 Å². The zero-order valence-corrected chi connectivity index (χ0v) is 10.5. The summed E-state index contributed by atoms with van der Waals surface area (Å²) in [6.07, 6.45) is 0. The number of benzene rings is 1. The molecule has 0 radical (unpaired) electrons. The molecule has 0 aliphatic rings. The third-order valence-corrected chi connectivity index (χ3v) is 3.21. The average Bonchev–Trinajstić information content (AvgIpc) is 2.20. The standard InChI is InChI=1S/C9H8Br2O3/c1-14-9(13)8(11)5-2-3-7(12)6(10)4-5/h2-4,8,12H,1H3. The molecule has 1 N–H and O–H groups in total. The Kier molecular flexibility index (Phi) is 3.95. The molecule has 1 atom stereocenters. The molecule has 1 unspecified atom stereocenters. The highest BCUT2D eigenvalue weighted by molar-refractivity contribution is 9.10. The summed E-state index contributed by atoms with van der Waals surface area (Å²) in [7, 11) is 1.33. The summed E-state index contributed by atoms with van der Waals surface area (Å²) in [4.78, 5) is 10.7. The summed E-state index contributed by atoms with van der Waals surface area (Å²) in [6.45, 7) is 0. The number of esters is 1. The number of hydrogen-bond donors (Lipinski definition) is 1. The van der Waals surface area contributed by atoms with Crippen LogP contribution in [0, 0.1) is 0 Å². The van der Waals surface area contributed by atoms with Crippen molar-refractivity contribution in [1.29, 1.82) is 0 Å². The third-order valence-electron chi connectivity index (χ3n) is 1.67. The van der Waals surface area contributed by atoms with Gasteiger partial charge in [-0.05, 0) is 33.6 Å². The number of halogens is 2. The summed E-state index contributed by atoms with van der Waals surface area (Å²) >= 11 is 6.36. The molecule has 0 bridgehead atoms. The largest absolute Gasteiger partial charge is 0.507 e. The number of hydrogen-bond acceptors (Lipinski definition) is 3. The van der Waals surface area contributed by atoms with Gasteiger partial charge < -0.3 is 9.84 Å². The van der Waals surface area contributed by atoms with Gasteiger partial charge in [0.15, 0.2) is 0 Å². The highest BCUT2D eigenvalue weighted by atomic mass is 79.9. The molecule has 3 nitrogen and oxygen atoms in total. The molecule has 14 heavy (non-hydrogen) atoms. The van der Waals surface area contributed by atoms with E-state index < -0.39 is 4.83 Å². The van der Waals surface area contributed by atoms with Gasteiger partial charge in [-0.3, -0.25) is 4.79 Å². The molecule has 0 saturated carbocycles. The van der Waals surface area contributed by atoms with E-state index in [0.717, 1.165) is 5.56 Å². The van der Waals surface area contributed by atoms with Crippen LogP contribution < -0.4 is 0 Å². The van der Waals surface area contributed by atoms with Gasteiger partial charge in [-0.2, -0.15) is 0 Å².